The summed E-state index contributed by atoms with van der Waals surface area (Å²) < 4.78 is 5.85. The maximum atomic E-state index is 5.85. The monoisotopic (exact) mass is 224 g/mol. The van der Waals surface area contributed by atoms with Gasteiger partial charge in [0.15, 0.2) is 0 Å². The lowest BCUT2D eigenvalue weighted by atomic mass is 10.0. The molecule has 0 aromatic rings. The molecular weight excluding hydrogens is 200 g/mol. The number of morpholine rings is 1. The Morgan fingerprint density at radius 2 is 2.25 bits per heavy atom. The zero-order valence-electron chi connectivity index (χ0n) is 10.2. The molecule has 3 nitrogen and oxygen atoms in total. The Hall–Kier alpha value is -0.120. The lowest BCUT2D eigenvalue weighted by molar-refractivity contribution is -0.0567. The number of hydrogen-bond donors (Lipinski definition) is 1. The summed E-state index contributed by atoms with van der Waals surface area (Å²) in [5, 5.41) is 3.46. The first-order chi connectivity index (χ1) is 7.93. The molecule has 0 spiro atoms. The van der Waals surface area contributed by atoms with E-state index in [-0.39, 0.29) is 0 Å². The largest absolute Gasteiger partial charge is 0.375 e. The van der Waals surface area contributed by atoms with Gasteiger partial charge < -0.3 is 10.1 Å². The van der Waals surface area contributed by atoms with E-state index >= 15 is 0 Å². The molecule has 1 N–H and O–H groups in total. The number of nitrogens with one attached hydrogen (secondary N) is 1. The van der Waals surface area contributed by atoms with Crippen molar-refractivity contribution in [2.75, 3.05) is 32.8 Å². The van der Waals surface area contributed by atoms with Gasteiger partial charge in [0.05, 0.1) is 12.7 Å². The van der Waals surface area contributed by atoms with Crippen LogP contribution in [0.25, 0.3) is 0 Å². The fourth-order valence-corrected chi connectivity index (χ4v) is 3.59. The van der Waals surface area contributed by atoms with Crippen molar-refractivity contribution in [3.05, 3.63) is 0 Å². The second kappa shape index (κ2) is 5.03. The number of nitrogens with zero attached hydrogens (tertiary/aromatic N) is 1. The van der Waals surface area contributed by atoms with Crippen LogP contribution >= 0.6 is 0 Å². The van der Waals surface area contributed by atoms with Crippen LogP contribution in [-0.2, 0) is 4.74 Å². The number of fused-ring (bicyclic) bond motifs is 1. The van der Waals surface area contributed by atoms with E-state index in [2.05, 4.69) is 10.2 Å². The quantitative estimate of drug-likeness (QED) is 0.780. The molecule has 16 heavy (non-hydrogen) atoms. The minimum Gasteiger partial charge on any atom is -0.375 e. The van der Waals surface area contributed by atoms with Gasteiger partial charge in [-0.2, -0.15) is 0 Å². The highest BCUT2D eigenvalue weighted by Crippen LogP contribution is 2.30. The SMILES string of the molecule is C1CC2OCCN(CCC3CCNC3)C2C1. The zero-order valence-corrected chi connectivity index (χ0v) is 10.2. The smallest absolute Gasteiger partial charge is 0.0730 e. The van der Waals surface area contributed by atoms with Crippen LogP contribution < -0.4 is 5.32 Å². The van der Waals surface area contributed by atoms with Crippen LogP contribution in [0, 0.1) is 5.92 Å². The lowest BCUT2D eigenvalue weighted by Crippen LogP contribution is -2.49. The molecule has 3 fully saturated rings. The highest BCUT2D eigenvalue weighted by molar-refractivity contribution is 4.89. The van der Waals surface area contributed by atoms with Gasteiger partial charge in [0.25, 0.3) is 0 Å². The normalized spacial score (nSPS) is 40.1. The van der Waals surface area contributed by atoms with Crippen molar-refractivity contribution >= 4 is 0 Å². The predicted molar refractivity (Wildman–Crippen MR) is 64.5 cm³/mol. The van der Waals surface area contributed by atoms with E-state index in [0.717, 1.165) is 18.6 Å². The second-order valence-corrected chi connectivity index (χ2v) is 5.59. The Kier molecular flexibility index (Phi) is 3.46. The average Bonchev–Trinajstić information content (AvgIpc) is 2.97. The third-order valence-corrected chi connectivity index (χ3v) is 4.58. The number of hydrogen-bond acceptors (Lipinski definition) is 3. The summed E-state index contributed by atoms with van der Waals surface area (Å²) in [6.45, 7) is 5.92. The van der Waals surface area contributed by atoms with Crippen molar-refractivity contribution < 1.29 is 4.74 Å². The van der Waals surface area contributed by atoms with Crippen LogP contribution in [0.2, 0.25) is 0 Å². The highest BCUT2D eigenvalue weighted by atomic mass is 16.5. The van der Waals surface area contributed by atoms with Gasteiger partial charge in [-0.25, -0.2) is 0 Å². The Balaban J connectivity index is 1.49. The molecule has 2 saturated heterocycles. The van der Waals surface area contributed by atoms with Gasteiger partial charge in [0.1, 0.15) is 0 Å². The van der Waals surface area contributed by atoms with Crippen molar-refractivity contribution in [2.45, 2.75) is 44.2 Å². The Bertz CT molecular complexity index is 228. The van der Waals surface area contributed by atoms with Gasteiger partial charge in [0, 0.05) is 12.6 Å². The van der Waals surface area contributed by atoms with Crippen molar-refractivity contribution in [2.24, 2.45) is 5.92 Å². The maximum absolute atomic E-state index is 5.85. The van der Waals surface area contributed by atoms with Gasteiger partial charge in [-0.05, 0) is 57.7 Å². The molecule has 3 heteroatoms. The first kappa shape index (κ1) is 11.0. The first-order valence-electron chi connectivity index (χ1n) is 7.00. The molecule has 1 aliphatic carbocycles. The second-order valence-electron chi connectivity index (χ2n) is 5.59. The van der Waals surface area contributed by atoms with Gasteiger partial charge in [-0.1, -0.05) is 0 Å². The topological polar surface area (TPSA) is 24.5 Å². The minimum atomic E-state index is 0.565. The summed E-state index contributed by atoms with van der Waals surface area (Å²) in [5.74, 6) is 0.933. The summed E-state index contributed by atoms with van der Waals surface area (Å²) in [6.07, 6.45) is 7.38. The zero-order chi connectivity index (χ0) is 10.8. The molecule has 3 aliphatic rings. The molecule has 1 saturated carbocycles. The van der Waals surface area contributed by atoms with Crippen molar-refractivity contribution in [1.29, 1.82) is 0 Å². The van der Waals surface area contributed by atoms with E-state index in [0.29, 0.717) is 6.10 Å². The molecule has 92 valence electrons. The van der Waals surface area contributed by atoms with Crippen LogP contribution in [0.15, 0.2) is 0 Å². The number of rotatable bonds is 3. The summed E-state index contributed by atoms with van der Waals surface area (Å²) in [7, 11) is 0. The van der Waals surface area contributed by atoms with Crippen LogP contribution in [0.4, 0.5) is 0 Å². The fraction of sp³-hybridized carbons (Fsp3) is 1.00. The van der Waals surface area contributed by atoms with Crippen molar-refractivity contribution in [1.82, 2.24) is 10.2 Å². The fourth-order valence-electron chi connectivity index (χ4n) is 3.59. The van der Waals surface area contributed by atoms with Gasteiger partial charge >= 0.3 is 0 Å². The van der Waals surface area contributed by atoms with Crippen LogP contribution in [0.5, 0.6) is 0 Å². The Morgan fingerprint density at radius 3 is 3.12 bits per heavy atom. The van der Waals surface area contributed by atoms with Gasteiger partial charge in [0.2, 0.25) is 0 Å². The minimum absolute atomic E-state index is 0.565. The molecule has 2 heterocycles. The third-order valence-electron chi connectivity index (χ3n) is 4.58. The summed E-state index contributed by atoms with van der Waals surface area (Å²) >= 11 is 0. The maximum Gasteiger partial charge on any atom is 0.0730 e. The molecule has 0 bridgehead atoms. The third kappa shape index (κ3) is 2.27. The van der Waals surface area contributed by atoms with E-state index in [9.17, 15) is 0 Å². The molecular formula is C13H24N2O. The van der Waals surface area contributed by atoms with E-state index in [1.165, 1.54) is 58.3 Å². The van der Waals surface area contributed by atoms with Crippen molar-refractivity contribution in [3.8, 4) is 0 Å². The van der Waals surface area contributed by atoms with Crippen molar-refractivity contribution in [3.63, 3.8) is 0 Å². The highest BCUT2D eigenvalue weighted by Gasteiger charge is 2.35. The average molecular weight is 224 g/mol. The van der Waals surface area contributed by atoms with Gasteiger partial charge in [-0.3, -0.25) is 4.90 Å². The molecule has 0 aromatic heterocycles. The molecule has 3 rings (SSSR count). The van der Waals surface area contributed by atoms with E-state index < -0.39 is 0 Å². The Morgan fingerprint density at radius 1 is 1.25 bits per heavy atom. The first-order valence-corrected chi connectivity index (χ1v) is 7.00. The lowest BCUT2D eigenvalue weighted by Gasteiger charge is -2.38. The standard InChI is InChI=1S/C13H24N2O/c1-2-12-13(3-1)16-9-8-15(12)7-5-11-4-6-14-10-11/h11-14H,1-10H2. The molecule has 3 atom stereocenters. The number of ether oxygens (including phenoxy) is 1. The molecule has 0 aromatic carbocycles. The van der Waals surface area contributed by atoms with Gasteiger partial charge in [-0.15, -0.1) is 0 Å². The van der Waals surface area contributed by atoms with Crippen LogP contribution in [0.3, 0.4) is 0 Å². The Labute approximate surface area is 98.5 Å². The van der Waals surface area contributed by atoms with Crippen LogP contribution in [-0.4, -0.2) is 49.8 Å². The van der Waals surface area contributed by atoms with E-state index in [1.807, 2.05) is 0 Å². The summed E-state index contributed by atoms with van der Waals surface area (Å²) in [4.78, 5) is 2.71. The molecule has 2 aliphatic heterocycles. The molecule has 3 unspecified atom stereocenters. The summed E-state index contributed by atoms with van der Waals surface area (Å²) in [6, 6.07) is 0.753. The van der Waals surface area contributed by atoms with E-state index in [1.54, 1.807) is 0 Å². The summed E-state index contributed by atoms with van der Waals surface area (Å²) in [5.41, 5.74) is 0. The van der Waals surface area contributed by atoms with E-state index in [4.69, 9.17) is 4.74 Å². The predicted octanol–water partition coefficient (Wildman–Crippen LogP) is 1.24. The molecule has 0 radical (unpaired) electrons. The molecule has 0 amide bonds. The van der Waals surface area contributed by atoms with Crippen LogP contribution in [0.1, 0.15) is 32.1 Å².